The van der Waals surface area contributed by atoms with Gasteiger partial charge in [-0.3, -0.25) is 4.79 Å². The number of methoxy groups -OCH3 is 2. The maximum atomic E-state index is 12.5. The first kappa shape index (κ1) is 17.5. The van der Waals surface area contributed by atoms with Crippen LogP contribution in [0.5, 0.6) is 23.0 Å². The molecule has 4 heterocycles. The van der Waals surface area contributed by atoms with Crippen molar-refractivity contribution >= 4 is 11.7 Å². The number of aromatic nitrogens is 2. The number of nitrogens with one attached hydrogen (secondary N) is 1. The van der Waals surface area contributed by atoms with Crippen LogP contribution < -0.4 is 24.3 Å². The number of hydrogen-bond acceptors (Lipinski definition) is 7. The zero-order valence-electron chi connectivity index (χ0n) is 15.9. The Balaban J connectivity index is 1.62. The summed E-state index contributed by atoms with van der Waals surface area (Å²) in [7, 11) is 3.11. The maximum absolute atomic E-state index is 12.5. The van der Waals surface area contributed by atoms with Crippen molar-refractivity contribution in [1.82, 2.24) is 9.78 Å². The van der Waals surface area contributed by atoms with E-state index in [-0.39, 0.29) is 25.0 Å². The molecule has 0 unspecified atom stereocenters. The summed E-state index contributed by atoms with van der Waals surface area (Å²) in [6.45, 7) is 0.521. The highest BCUT2D eigenvalue weighted by Gasteiger charge is 2.36. The molecule has 1 amide bonds. The van der Waals surface area contributed by atoms with Crippen molar-refractivity contribution in [3.05, 3.63) is 47.5 Å². The normalized spacial score (nSPS) is 17.0. The Kier molecular flexibility index (Phi) is 4.08. The van der Waals surface area contributed by atoms with Crippen molar-refractivity contribution in [3.63, 3.8) is 0 Å². The van der Waals surface area contributed by atoms with E-state index in [4.69, 9.17) is 23.4 Å². The SMILES string of the molecule is COc1c([C@@H]2CC(=O)Nc3c2cnn3Cc2ccco2)cc2c(c1OC)OCO2. The molecule has 1 N–H and O–H groups in total. The van der Waals surface area contributed by atoms with Gasteiger partial charge in [0, 0.05) is 23.5 Å². The average molecular weight is 397 g/mol. The molecular weight excluding hydrogens is 378 g/mol. The van der Waals surface area contributed by atoms with Crippen molar-refractivity contribution in [2.75, 3.05) is 26.3 Å². The third kappa shape index (κ3) is 2.77. The number of rotatable bonds is 5. The Labute approximate surface area is 166 Å². The van der Waals surface area contributed by atoms with E-state index in [2.05, 4.69) is 10.4 Å². The molecule has 1 aromatic carbocycles. The Bertz CT molecular complexity index is 1070. The molecule has 1 atom stereocenters. The number of amides is 1. The second kappa shape index (κ2) is 6.77. The number of furan rings is 1. The van der Waals surface area contributed by atoms with Crippen molar-refractivity contribution in [2.24, 2.45) is 0 Å². The van der Waals surface area contributed by atoms with Crippen molar-refractivity contribution in [1.29, 1.82) is 0 Å². The van der Waals surface area contributed by atoms with Gasteiger partial charge in [0.2, 0.25) is 24.2 Å². The minimum Gasteiger partial charge on any atom is -0.492 e. The van der Waals surface area contributed by atoms with Crippen LogP contribution in [0.1, 0.15) is 29.2 Å². The second-order valence-electron chi connectivity index (χ2n) is 6.76. The number of nitrogens with zero attached hydrogens (tertiary/aromatic N) is 2. The quantitative estimate of drug-likeness (QED) is 0.707. The standard InChI is InChI=1S/C20H19N3O6/c1-25-17-13(6-15-18(19(17)26-2)29-10-28-15)12-7-16(24)22-20-14(12)8-21-23(20)9-11-4-3-5-27-11/h3-6,8,12H,7,9-10H2,1-2H3,(H,22,24)/t12-/m0/s1. The van der Waals surface area contributed by atoms with Gasteiger partial charge in [0.15, 0.2) is 11.5 Å². The molecule has 0 saturated carbocycles. The summed E-state index contributed by atoms with van der Waals surface area (Å²) in [6.07, 6.45) is 3.62. The van der Waals surface area contributed by atoms with Crippen LogP contribution in [0.3, 0.4) is 0 Å². The molecule has 5 rings (SSSR count). The summed E-state index contributed by atoms with van der Waals surface area (Å²) >= 11 is 0. The molecule has 2 aromatic heterocycles. The van der Waals surface area contributed by atoms with E-state index in [1.54, 1.807) is 31.4 Å². The molecule has 2 aliphatic rings. The van der Waals surface area contributed by atoms with Gasteiger partial charge in [0.25, 0.3) is 0 Å². The lowest BCUT2D eigenvalue weighted by atomic mass is 9.86. The van der Waals surface area contributed by atoms with Crippen LogP contribution in [0.25, 0.3) is 0 Å². The molecular formula is C20H19N3O6. The van der Waals surface area contributed by atoms with Gasteiger partial charge in [-0.15, -0.1) is 0 Å². The monoisotopic (exact) mass is 397 g/mol. The Hall–Kier alpha value is -3.62. The Morgan fingerprint density at radius 3 is 2.86 bits per heavy atom. The molecule has 29 heavy (non-hydrogen) atoms. The van der Waals surface area contributed by atoms with E-state index < -0.39 is 0 Å². The second-order valence-corrected chi connectivity index (χ2v) is 6.76. The number of benzene rings is 1. The molecule has 0 spiro atoms. The van der Waals surface area contributed by atoms with Gasteiger partial charge in [0.05, 0.1) is 26.7 Å². The van der Waals surface area contributed by atoms with Gasteiger partial charge >= 0.3 is 0 Å². The highest BCUT2D eigenvalue weighted by atomic mass is 16.7. The zero-order chi connectivity index (χ0) is 20.0. The Morgan fingerprint density at radius 2 is 2.10 bits per heavy atom. The molecule has 0 saturated heterocycles. The molecule has 2 aliphatic heterocycles. The first-order valence-electron chi connectivity index (χ1n) is 9.12. The summed E-state index contributed by atoms with van der Waals surface area (Å²) in [4.78, 5) is 12.5. The van der Waals surface area contributed by atoms with Crippen molar-refractivity contribution < 1.29 is 28.2 Å². The van der Waals surface area contributed by atoms with Crippen molar-refractivity contribution in [2.45, 2.75) is 18.9 Å². The molecule has 0 radical (unpaired) electrons. The Morgan fingerprint density at radius 1 is 1.24 bits per heavy atom. The molecule has 150 valence electrons. The van der Waals surface area contributed by atoms with Crippen LogP contribution in [-0.4, -0.2) is 36.7 Å². The van der Waals surface area contributed by atoms with E-state index in [1.165, 1.54) is 0 Å². The van der Waals surface area contributed by atoms with Gasteiger partial charge in [0.1, 0.15) is 18.1 Å². The van der Waals surface area contributed by atoms with E-state index >= 15 is 0 Å². The lowest BCUT2D eigenvalue weighted by Crippen LogP contribution is -2.25. The molecule has 0 fully saturated rings. The van der Waals surface area contributed by atoms with Crippen LogP contribution in [0.15, 0.2) is 35.1 Å². The van der Waals surface area contributed by atoms with Gasteiger partial charge in [-0.1, -0.05) is 0 Å². The lowest BCUT2D eigenvalue weighted by molar-refractivity contribution is -0.116. The van der Waals surface area contributed by atoms with E-state index in [0.717, 1.165) is 16.9 Å². The summed E-state index contributed by atoms with van der Waals surface area (Å²) < 4.78 is 29.4. The first-order valence-corrected chi connectivity index (χ1v) is 9.12. The van der Waals surface area contributed by atoms with Crippen LogP contribution in [0, 0.1) is 0 Å². The maximum Gasteiger partial charge on any atom is 0.231 e. The fraction of sp³-hybridized carbons (Fsp3) is 0.300. The highest BCUT2D eigenvalue weighted by molar-refractivity contribution is 5.94. The number of anilines is 1. The minimum atomic E-state index is -0.276. The predicted octanol–water partition coefficient (Wildman–Crippen LogP) is 2.74. The first-order chi connectivity index (χ1) is 14.2. The summed E-state index contributed by atoms with van der Waals surface area (Å²) in [6, 6.07) is 5.53. The van der Waals surface area contributed by atoms with E-state index in [9.17, 15) is 4.79 Å². The summed E-state index contributed by atoms with van der Waals surface area (Å²) in [5.41, 5.74) is 1.66. The molecule has 9 heteroatoms. The van der Waals surface area contributed by atoms with E-state index in [1.807, 2.05) is 18.2 Å². The fourth-order valence-electron chi connectivity index (χ4n) is 3.89. The van der Waals surface area contributed by atoms with E-state index in [0.29, 0.717) is 35.4 Å². The van der Waals surface area contributed by atoms with Gasteiger partial charge in [-0.2, -0.15) is 5.10 Å². The summed E-state index contributed by atoms with van der Waals surface area (Å²) in [5.74, 6) is 3.03. The van der Waals surface area contributed by atoms with Gasteiger partial charge in [-0.25, -0.2) is 4.68 Å². The lowest BCUT2D eigenvalue weighted by Gasteiger charge is -2.26. The fourth-order valence-corrected chi connectivity index (χ4v) is 3.89. The minimum absolute atomic E-state index is 0.107. The number of carbonyl (C=O) groups excluding carboxylic acids is 1. The van der Waals surface area contributed by atoms with Crippen LogP contribution in [-0.2, 0) is 11.3 Å². The molecule has 9 nitrogen and oxygen atoms in total. The topological polar surface area (TPSA) is 97.0 Å². The van der Waals surface area contributed by atoms with Crippen LogP contribution >= 0.6 is 0 Å². The smallest absolute Gasteiger partial charge is 0.231 e. The average Bonchev–Trinajstić information content (AvgIpc) is 3.47. The van der Waals surface area contributed by atoms with Crippen molar-refractivity contribution in [3.8, 4) is 23.0 Å². The summed E-state index contributed by atoms with van der Waals surface area (Å²) in [5, 5.41) is 7.40. The molecule has 0 aliphatic carbocycles. The van der Waals surface area contributed by atoms with Crippen LogP contribution in [0.2, 0.25) is 0 Å². The highest BCUT2D eigenvalue weighted by Crippen LogP contribution is 2.53. The van der Waals surface area contributed by atoms with Gasteiger partial charge < -0.3 is 28.7 Å². The third-order valence-electron chi connectivity index (χ3n) is 5.16. The zero-order valence-corrected chi connectivity index (χ0v) is 15.9. The molecule has 0 bridgehead atoms. The third-order valence-corrected chi connectivity index (χ3v) is 5.16. The number of hydrogen-bond donors (Lipinski definition) is 1. The number of ether oxygens (including phenoxy) is 4. The predicted molar refractivity (Wildman–Crippen MR) is 101 cm³/mol. The molecule has 3 aromatic rings. The number of fused-ring (bicyclic) bond motifs is 2. The van der Waals surface area contributed by atoms with Crippen LogP contribution in [0.4, 0.5) is 5.82 Å². The van der Waals surface area contributed by atoms with Gasteiger partial charge in [-0.05, 0) is 18.2 Å². The largest absolute Gasteiger partial charge is 0.492 e. The number of carbonyl (C=O) groups is 1.